The summed E-state index contributed by atoms with van der Waals surface area (Å²) in [4.78, 5) is 12.2. The third-order valence-electron chi connectivity index (χ3n) is 5.47. The normalized spacial score (nSPS) is 40.7. The highest BCUT2D eigenvalue weighted by Gasteiger charge is 2.42. The Labute approximate surface area is 110 Å². The van der Waals surface area contributed by atoms with Gasteiger partial charge < -0.3 is 10.6 Å². The van der Waals surface area contributed by atoms with Crippen LogP contribution in [0.2, 0.25) is 0 Å². The molecule has 0 aromatic rings. The molecule has 18 heavy (non-hydrogen) atoms. The summed E-state index contributed by atoms with van der Waals surface area (Å²) in [7, 11) is 0. The van der Waals surface area contributed by atoms with Crippen molar-refractivity contribution in [3.05, 3.63) is 0 Å². The minimum absolute atomic E-state index is 0.208. The average molecular weight is 250 g/mol. The Hall–Kier alpha value is -0.570. The van der Waals surface area contributed by atoms with Crippen molar-refractivity contribution in [3.8, 4) is 0 Å². The van der Waals surface area contributed by atoms with E-state index in [4.69, 9.17) is 0 Å². The molecular formula is C15H26N2O. The molecule has 1 saturated heterocycles. The number of carbonyl (C=O) groups excluding carboxylic acids is 1. The first kappa shape index (κ1) is 12.5. The average Bonchev–Trinajstić information content (AvgIpc) is 3.02. The number of hydrogen-bond acceptors (Lipinski definition) is 2. The molecule has 3 rings (SSSR count). The van der Waals surface area contributed by atoms with Gasteiger partial charge in [0.05, 0.1) is 5.92 Å². The van der Waals surface area contributed by atoms with Gasteiger partial charge in [-0.05, 0) is 63.3 Å². The molecule has 3 aliphatic rings. The van der Waals surface area contributed by atoms with Crippen molar-refractivity contribution in [2.45, 2.75) is 51.5 Å². The molecule has 5 atom stereocenters. The minimum Gasteiger partial charge on any atom is -0.353 e. The molecule has 3 heteroatoms. The van der Waals surface area contributed by atoms with Gasteiger partial charge in [0.15, 0.2) is 0 Å². The van der Waals surface area contributed by atoms with Crippen LogP contribution < -0.4 is 10.6 Å². The van der Waals surface area contributed by atoms with Gasteiger partial charge in [0, 0.05) is 12.6 Å². The lowest BCUT2D eigenvalue weighted by Gasteiger charge is -2.30. The molecule has 3 nitrogen and oxygen atoms in total. The molecule has 5 unspecified atom stereocenters. The fourth-order valence-electron chi connectivity index (χ4n) is 4.43. The van der Waals surface area contributed by atoms with Crippen LogP contribution in [0, 0.1) is 23.7 Å². The summed E-state index contributed by atoms with van der Waals surface area (Å²) in [5.41, 5.74) is 0. The Morgan fingerprint density at radius 2 is 2.17 bits per heavy atom. The number of hydrogen-bond donors (Lipinski definition) is 2. The summed E-state index contributed by atoms with van der Waals surface area (Å²) in [6.07, 6.45) is 7.82. The Morgan fingerprint density at radius 3 is 2.78 bits per heavy atom. The molecule has 2 saturated carbocycles. The van der Waals surface area contributed by atoms with E-state index in [9.17, 15) is 4.79 Å². The maximum atomic E-state index is 12.2. The van der Waals surface area contributed by atoms with Crippen LogP contribution in [0.4, 0.5) is 0 Å². The highest BCUT2D eigenvalue weighted by molar-refractivity contribution is 5.79. The Bertz CT molecular complexity index is 312. The molecular weight excluding hydrogens is 224 g/mol. The second-order valence-corrected chi connectivity index (χ2v) is 6.68. The van der Waals surface area contributed by atoms with Crippen molar-refractivity contribution < 1.29 is 4.79 Å². The molecule has 1 amide bonds. The predicted octanol–water partition coefficient (Wildman–Crippen LogP) is 1.93. The van der Waals surface area contributed by atoms with E-state index in [0.29, 0.717) is 6.04 Å². The number of carbonyl (C=O) groups is 1. The molecule has 0 radical (unpaired) electrons. The SMILES string of the molecule is CC(NC(=O)C1CCCNC1)C1CC2CCC1C2. The molecule has 0 spiro atoms. The van der Waals surface area contributed by atoms with Crippen LogP contribution in [0.5, 0.6) is 0 Å². The second kappa shape index (κ2) is 5.20. The molecule has 2 bridgehead atoms. The van der Waals surface area contributed by atoms with Crippen LogP contribution in [0.3, 0.4) is 0 Å². The second-order valence-electron chi connectivity index (χ2n) is 6.68. The van der Waals surface area contributed by atoms with Crippen LogP contribution in [0.1, 0.15) is 45.4 Å². The lowest BCUT2D eigenvalue weighted by Crippen LogP contribution is -2.46. The van der Waals surface area contributed by atoms with Crippen molar-refractivity contribution in [2.75, 3.05) is 13.1 Å². The Kier molecular flexibility index (Phi) is 3.60. The third-order valence-corrected chi connectivity index (χ3v) is 5.47. The highest BCUT2D eigenvalue weighted by Crippen LogP contribution is 2.49. The lowest BCUT2D eigenvalue weighted by atomic mass is 9.83. The number of fused-ring (bicyclic) bond motifs is 2. The van der Waals surface area contributed by atoms with E-state index in [2.05, 4.69) is 17.6 Å². The molecule has 2 aliphatic carbocycles. The van der Waals surface area contributed by atoms with E-state index in [-0.39, 0.29) is 11.8 Å². The van der Waals surface area contributed by atoms with Gasteiger partial charge >= 0.3 is 0 Å². The van der Waals surface area contributed by atoms with E-state index in [1.807, 2.05) is 0 Å². The van der Waals surface area contributed by atoms with Crippen molar-refractivity contribution in [1.29, 1.82) is 0 Å². The van der Waals surface area contributed by atoms with Gasteiger partial charge in [0.2, 0.25) is 5.91 Å². The van der Waals surface area contributed by atoms with Gasteiger partial charge in [-0.2, -0.15) is 0 Å². The zero-order chi connectivity index (χ0) is 12.5. The fourth-order valence-corrected chi connectivity index (χ4v) is 4.43. The van der Waals surface area contributed by atoms with Crippen molar-refractivity contribution in [2.24, 2.45) is 23.7 Å². The van der Waals surface area contributed by atoms with Crippen LogP contribution >= 0.6 is 0 Å². The fraction of sp³-hybridized carbons (Fsp3) is 0.933. The molecule has 102 valence electrons. The van der Waals surface area contributed by atoms with Crippen molar-refractivity contribution in [1.82, 2.24) is 10.6 Å². The molecule has 2 N–H and O–H groups in total. The number of amides is 1. The Morgan fingerprint density at radius 1 is 1.28 bits per heavy atom. The van der Waals surface area contributed by atoms with Gasteiger partial charge in [-0.15, -0.1) is 0 Å². The summed E-state index contributed by atoms with van der Waals surface area (Å²) >= 11 is 0. The monoisotopic (exact) mass is 250 g/mol. The first-order valence-corrected chi connectivity index (χ1v) is 7.75. The molecule has 1 aliphatic heterocycles. The van der Waals surface area contributed by atoms with Crippen LogP contribution in [0.25, 0.3) is 0 Å². The van der Waals surface area contributed by atoms with Gasteiger partial charge in [-0.25, -0.2) is 0 Å². The highest BCUT2D eigenvalue weighted by atomic mass is 16.2. The smallest absolute Gasteiger partial charge is 0.224 e. The maximum Gasteiger partial charge on any atom is 0.224 e. The van der Waals surface area contributed by atoms with E-state index in [1.54, 1.807) is 0 Å². The number of piperidine rings is 1. The van der Waals surface area contributed by atoms with E-state index in [1.165, 1.54) is 25.7 Å². The first-order valence-electron chi connectivity index (χ1n) is 7.75. The van der Waals surface area contributed by atoms with Gasteiger partial charge in [-0.1, -0.05) is 6.42 Å². The largest absolute Gasteiger partial charge is 0.353 e. The lowest BCUT2D eigenvalue weighted by molar-refractivity contribution is -0.126. The zero-order valence-corrected chi connectivity index (χ0v) is 11.5. The van der Waals surface area contributed by atoms with E-state index < -0.39 is 0 Å². The summed E-state index contributed by atoms with van der Waals surface area (Å²) in [5.74, 6) is 3.12. The predicted molar refractivity (Wildman–Crippen MR) is 72.1 cm³/mol. The summed E-state index contributed by atoms with van der Waals surface area (Å²) in [6.45, 7) is 4.17. The van der Waals surface area contributed by atoms with Crippen molar-refractivity contribution in [3.63, 3.8) is 0 Å². The number of nitrogens with one attached hydrogen (secondary N) is 2. The molecule has 0 aromatic heterocycles. The maximum absolute atomic E-state index is 12.2. The topological polar surface area (TPSA) is 41.1 Å². The van der Waals surface area contributed by atoms with Crippen LogP contribution in [-0.2, 0) is 4.79 Å². The van der Waals surface area contributed by atoms with E-state index in [0.717, 1.165) is 43.7 Å². The third kappa shape index (κ3) is 2.42. The first-order chi connectivity index (χ1) is 8.74. The number of rotatable bonds is 3. The Balaban J connectivity index is 1.51. The van der Waals surface area contributed by atoms with Gasteiger partial charge in [-0.3, -0.25) is 4.79 Å². The van der Waals surface area contributed by atoms with Crippen molar-refractivity contribution >= 4 is 5.91 Å². The van der Waals surface area contributed by atoms with Crippen LogP contribution in [0.15, 0.2) is 0 Å². The molecule has 1 heterocycles. The standard InChI is InChI=1S/C15H26N2O/c1-10(14-8-11-4-5-12(14)7-11)17-15(18)13-3-2-6-16-9-13/h10-14,16H,2-9H2,1H3,(H,17,18). The molecule has 3 fully saturated rings. The zero-order valence-electron chi connectivity index (χ0n) is 11.5. The summed E-state index contributed by atoms with van der Waals surface area (Å²) in [5, 5.41) is 6.62. The van der Waals surface area contributed by atoms with Gasteiger partial charge in [0.1, 0.15) is 0 Å². The summed E-state index contributed by atoms with van der Waals surface area (Å²) in [6, 6.07) is 0.384. The van der Waals surface area contributed by atoms with Crippen LogP contribution in [-0.4, -0.2) is 25.0 Å². The van der Waals surface area contributed by atoms with E-state index >= 15 is 0 Å². The molecule has 0 aromatic carbocycles. The quantitative estimate of drug-likeness (QED) is 0.803. The minimum atomic E-state index is 0.208. The summed E-state index contributed by atoms with van der Waals surface area (Å²) < 4.78 is 0. The van der Waals surface area contributed by atoms with Gasteiger partial charge in [0.25, 0.3) is 0 Å².